The van der Waals surface area contributed by atoms with Gasteiger partial charge < -0.3 is 20.1 Å². The largest absolute Gasteiger partial charge is 0.464 e. The minimum Gasteiger partial charge on any atom is -0.464 e. The van der Waals surface area contributed by atoms with Gasteiger partial charge in [-0.3, -0.25) is 0 Å². The summed E-state index contributed by atoms with van der Waals surface area (Å²) in [4.78, 5) is 23.7. The molecule has 0 saturated carbocycles. The minimum atomic E-state index is -1.00. The first kappa shape index (κ1) is 14.8. The van der Waals surface area contributed by atoms with Crippen LogP contribution in [0.1, 0.15) is 34.1 Å². The molecule has 0 aromatic carbocycles. The number of esters is 1. The molecule has 0 aromatic rings. The van der Waals surface area contributed by atoms with Gasteiger partial charge in [0, 0.05) is 6.54 Å². The van der Waals surface area contributed by atoms with Crippen LogP contribution in [0.15, 0.2) is 0 Å². The van der Waals surface area contributed by atoms with Crippen LogP contribution in [0.4, 0.5) is 4.79 Å². The van der Waals surface area contributed by atoms with Gasteiger partial charge in [-0.05, 0) is 40.7 Å². The molecule has 0 bridgehead atoms. The number of hydrogen-bond acceptors (Lipinski definition) is 5. The highest BCUT2D eigenvalue weighted by Crippen LogP contribution is 2.18. The number of nitrogens with one attached hydrogen (secondary N) is 2. The van der Waals surface area contributed by atoms with Crippen LogP contribution in [-0.4, -0.2) is 42.9 Å². The van der Waals surface area contributed by atoms with Gasteiger partial charge in [0.15, 0.2) is 5.54 Å². The van der Waals surface area contributed by atoms with Crippen LogP contribution in [0.2, 0.25) is 0 Å². The maximum Gasteiger partial charge on any atom is 0.408 e. The lowest BCUT2D eigenvalue weighted by molar-refractivity contribution is -0.150. The van der Waals surface area contributed by atoms with Gasteiger partial charge in [0.05, 0.1) is 6.61 Å². The summed E-state index contributed by atoms with van der Waals surface area (Å²) in [6.07, 6.45) is -0.0929. The maximum absolute atomic E-state index is 11.9. The van der Waals surface area contributed by atoms with Crippen LogP contribution in [0.5, 0.6) is 0 Å². The van der Waals surface area contributed by atoms with Crippen molar-refractivity contribution in [3.8, 4) is 0 Å². The zero-order valence-corrected chi connectivity index (χ0v) is 11.5. The summed E-state index contributed by atoms with van der Waals surface area (Å²) in [5, 5.41) is 5.68. The molecular formula is C12H22N2O4. The number of alkyl carbamates (subject to hydrolysis) is 1. The van der Waals surface area contributed by atoms with Gasteiger partial charge in [-0.1, -0.05) is 0 Å². The van der Waals surface area contributed by atoms with E-state index < -0.39 is 23.2 Å². The molecule has 1 atom stereocenters. The Morgan fingerprint density at radius 1 is 1.39 bits per heavy atom. The Kier molecular flexibility index (Phi) is 4.56. The Hall–Kier alpha value is -1.30. The van der Waals surface area contributed by atoms with E-state index in [1.54, 1.807) is 27.7 Å². The second-order valence-corrected chi connectivity index (χ2v) is 5.36. The minimum absolute atomic E-state index is 0.288. The fourth-order valence-electron chi connectivity index (χ4n) is 1.79. The smallest absolute Gasteiger partial charge is 0.408 e. The highest BCUT2D eigenvalue weighted by Gasteiger charge is 2.44. The molecule has 6 nitrogen and oxygen atoms in total. The van der Waals surface area contributed by atoms with Crippen molar-refractivity contribution < 1.29 is 19.1 Å². The summed E-state index contributed by atoms with van der Waals surface area (Å²) in [6, 6.07) is 0. The predicted octanol–water partition coefficient (Wildman–Crippen LogP) is 0.806. The van der Waals surface area contributed by atoms with E-state index in [0.717, 1.165) is 0 Å². The molecule has 18 heavy (non-hydrogen) atoms. The van der Waals surface area contributed by atoms with Gasteiger partial charge in [0.1, 0.15) is 5.60 Å². The molecule has 1 aliphatic rings. The quantitative estimate of drug-likeness (QED) is 0.732. The fourth-order valence-corrected chi connectivity index (χ4v) is 1.79. The maximum atomic E-state index is 11.9. The lowest BCUT2D eigenvalue weighted by Crippen LogP contribution is -2.57. The van der Waals surface area contributed by atoms with Gasteiger partial charge in [-0.2, -0.15) is 0 Å². The first-order valence-corrected chi connectivity index (χ1v) is 6.18. The van der Waals surface area contributed by atoms with E-state index in [0.29, 0.717) is 19.5 Å². The van der Waals surface area contributed by atoms with Crippen molar-refractivity contribution in [2.24, 2.45) is 0 Å². The van der Waals surface area contributed by atoms with Crippen molar-refractivity contribution in [1.29, 1.82) is 0 Å². The monoisotopic (exact) mass is 258 g/mol. The Morgan fingerprint density at radius 2 is 2.06 bits per heavy atom. The molecule has 1 amide bonds. The van der Waals surface area contributed by atoms with Crippen LogP contribution >= 0.6 is 0 Å². The first-order chi connectivity index (χ1) is 8.29. The topological polar surface area (TPSA) is 76.7 Å². The van der Waals surface area contributed by atoms with Crippen LogP contribution < -0.4 is 10.6 Å². The SMILES string of the molecule is CCOC(=O)[C@]1(NC(=O)OC(C)(C)C)CCNC1. The molecule has 2 N–H and O–H groups in total. The molecule has 104 valence electrons. The highest BCUT2D eigenvalue weighted by atomic mass is 16.6. The lowest BCUT2D eigenvalue weighted by atomic mass is 9.99. The van der Waals surface area contributed by atoms with E-state index in [1.807, 2.05) is 0 Å². The van der Waals surface area contributed by atoms with E-state index in [-0.39, 0.29) is 6.61 Å². The normalized spacial score (nSPS) is 23.6. The Balaban J connectivity index is 2.69. The molecule has 0 spiro atoms. The van der Waals surface area contributed by atoms with Gasteiger partial charge in [0.25, 0.3) is 0 Å². The van der Waals surface area contributed by atoms with E-state index >= 15 is 0 Å². The number of hydrogen-bond donors (Lipinski definition) is 2. The number of carbonyl (C=O) groups excluding carboxylic acids is 2. The van der Waals surface area contributed by atoms with Crippen LogP contribution in [0.3, 0.4) is 0 Å². The molecule has 1 fully saturated rings. The molecule has 0 unspecified atom stereocenters. The molecular weight excluding hydrogens is 236 g/mol. The summed E-state index contributed by atoms with van der Waals surface area (Å²) in [7, 11) is 0. The first-order valence-electron chi connectivity index (χ1n) is 6.18. The predicted molar refractivity (Wildman–Crippen MR) is 66.2 cm³/mol. The number of rotatable bonds is 3. The third-order valence-electron chi connectivity index (χ3n) is 2.56. The number of amides is 1. The Labute approximate surface area is 107 Å². The highest BCUT2D eigenvalue weighted by molar-refractivity contribution is 5.86. The summed E-state index contributed by atoms with van der Waals surface area (Å²) in [5.74, 6) is -0.416. The van der Waals surface area contributed by atoms with E-state index in [9.17, 15) is 9.59 Å². The van der Waals surface area contributed by atoms with Gasteiger partial charge in [-0.25, -0.2) is 9.59 Å². The fraction of sp³-hybridized carbons (Fsp3) is 0.833. The Bertz CT molecular complexity index is 317. The van der Waals surface area contributed by atoms with Crippen molar-refractivity contribution in [3.63, 3.8) is 0 Å². The zero-order chi connectivity index (χ0) is 13.8. The van der Waals surface area contributed by atoms with E-state index in [1.165, 1.54) is 0 Å². The van der Waals surface area contributed by atoms with E-state index in [2.05, 4.69) is 10.6 Å². The number of carbonyl (C=O) groups is 2. The molecule has 1 rings (SSSR count). The molecule has 0 radical (unpaired) electrons. The Morgan fingerprint density at radius 3 is 2.50 bits per heavy atom. The molecule has 1 heterocycles. The zero-order valence-electron chi connectivity index (χ0n) is 11.5. The standard InChI is InChI=1S/C12H22N2O4/c1-5-17-9(15)12(6-7-13-8-12)14-10(16)18-11(2,3)4/h13H,5-8H2,1-4H3,(H,14,16)/t12-/m0/s1. The molecule has 6 heteroatoms. The van der Waals surface area contributed by atoms with Crippen molar-refractivity contribution in [3.05, 3.63) is 0 Å². The summed E-state index contributed by atoms with van der Waals surface area (Å²) in [5.41, 5.74) is -1.59. The van der Waals surface area contributed by atoms with Crippen molar-refractivity contribution in [1.82, 2.24) is 10.6 Å². The summed E-state index contributed by atoms with van der Waals surface area (Å²) >= 11 is 0. The average molecular weight is 258 g/mol. The summed E-state index contributed by atoms with van der Waals surface area (Å²) < 4.78 is 10.2. The van der Waals surface area contributed by atoms with Crippen molar-refractivity contribution >= 4 is 12.1 Å². The third-order valence-corrected chi connectivity index (χ3v) is 2.56. The van der Waals surface area contributed by atoms with Crippen molar-refractivity contribution in [2.45, 2.75) is 45.3 Å². The van der Waals surface area contributed by atoms with E-state index in [4.69, 9.17) is 9.47 Å². The lowest BCUT2D eigenvalue weighted by Gasteiger charge is -2.28. The van der Waals surface area contributed by atoms with Gasteiger partial charge >= 0.3 is 12.1 Å². The van der Waals surface area contributed by atoms with Crippen LogP contribution in [0.25, 0.3) is 0 Å². The molecule has 0 aliphatic carbocycles. The molecule has 1 aliphatic heterocycles. The van der Waals surface area contributed by atoms with Crippen LogP contribution in [0, 0.1) is 0 Å². The van der Waals surface area contributed by atoms with Crippen LogP contribution in [-0.2, 0) is 14.3 Å². The van der Waals surface area contributed by atoms with Crippen molar-refractivity contribution in [2.75, 3.05) is 19.7 Å². The molecule has 0 aromatic heterocycles. The third kappa shape index (κ3) is 3.87. The van der Waals surface area contributed by atoms with Gasteiger partial charge in [-0.15, -0.1) is 0 Å². The van der Waals surface area contributed by atoms with Gasteiger partial charge in [0.2, 0.25) is 0 Å². The second kappa shape index (κ2) is 5.56. The summed E-state index contributed by atoms with van der Waals surface area (Å²) in [6.45, 7) is 8.38. The average Bonchev–Trinajstić information content (AvgIpc) is 2.64. The number of ether oxygens (including phenoxy) is 2. The second-order valence-electron chi connectivity index (χ2n) is 5.36. The molecule has 1 saturated heterocycles.